The van der Waals surface area contributed by atoms with Crippen LogP contribution < -0.4 is 4.90 Å². The summed E-state index contributed by atoms with van der Waals surface area (Å²) in [6.07, 6.45) is 9.20. The van der Waals surface area contributed by atoms with E-state index in [9.17, 15) is 9.90 Å². The Morgan fingerprint density at radius 1 is 1.12 bits per heavy atom. The van der Waals surface area contributed by atoms with Crippen LogP contribution in [-0.4, -0.2) is 44.3 Å². The molecule has 0 aliphatic heterocycles. The van der Waals surface area contributed by atoms with Gasteiger partial charge in [0.15, 0.2) is 5.78 Å². The van der Waals surface area contributed by atoms with Crippen LogP contribution in [0.15, 0.2) is 47.1 Å². The highest BCUT2D eigenvalue weighted by molar-refractivity contribution is 5.93. The van der Waals surface area contributed by atoms with Crippen LogP contribution in [0, 0.1) is 17.3 Å². The molecule has 0 radical (unpaired) electrons. The molecule has 5 atom stereocenters. The van der Waals surface area contributed by atoms with Gasteiger partial charge in [-0.1, -0.05) is 24.6 Å². The van der Waals surface area contributed by atoms with Crippen molar-refractivity contribution < 1.29 is 14.6 Å². The molecule has 0 bridgehead atoms. The van der Waals surface area contributed by atoms with Crippen LogP contribution in [0.4, 0.5) is 5.69 Å². The van der Waals surface area contributed by atoms with Crippen LogP contribution in [0.1, 0.15) is 69.8 Å². The second kappa shape index (κ2) is 8.39. The van der Waals surface area contributed by atoms with Gasteiger partial charge < -0.3 is 14.7 Å². The zero-order chi connectivity index (χ0) is 23.4. The van der Waals surface area contributed by atoms with E-state index < -0.39 is 5.60 Å². The maximum Gasteiger partial charge on any atom is 0.156 e. The summed E-state index contributed by atoms with van der Waals surface area (Å²) in [6, 6.07) is 9.03. The third-order valence-electron chi connectivity index (χ3n) is 9.59. The molecule has 4 aliphatic rings. The first-order valence-corrected chi connectivity index (χ1v) is 12.7. The summed E-state index contributed by atoms with van der Waals surface area (Å²) in [4.78, 5) is 14.3. The van der Waals surface area contributed by atoms with Crippen molar-refractivity contribution in [3.05, 3.63) is 52.6 Å². The molecule has 0 unspecified atom stereocenters. The Hall–Kier alpha value is -1.91. The Balaban J connectivity index is 1.62. The number of allylic oxidation sites excluding steroid dienone is 4. The molecule has 4 heteroatoms. The SMILES string of the molecule is COCC[C@@]1(O)CC[C@H]2[C@@H]3CCC4=CC(=O)CCC4=C3[C@@H](c3ccc(N(C)C)cc3)C[C@@]21C. The number of benzene rings is 1. The molecule has 178 valence electrons. The Bertz CT molecular complexity index is 991. The van der Waals surface area contributed by atoms with Crippen LogP contribution in [0.5, 0.6) is 0 Å². The highest BCUT2D eigenvalue weighted by Crippen LogP contribution is 2.67. The predicted molar refractivity (Wildman–Crippen MR) is 132 cm³/mol. The van der Waals surface area contributed by atoms with Gasteiger partial charge in [-0.25, -0.2) is 0 Å². The molecule has 33 heavy (non-hydrogen) atoms. The van der Waals surface area contributed by atoms with Crippen molar-refractivity contribution in [1.82, 2.24) is 0 Å². The van der Waals surface area contributed by atoms with Gasteiger partial charge in [0.05, 0.1) is 5.60 Å². The average Bonchev–Trinajstić information content (AvgIpc) is 3.07. The van der Waals surface area contributed by atoms with Gasteiger partial charge >= 0.3 is 0 Å². The van der Waals surface area contributed by atoms with Gasteiger partial charge in [-0.2, -0.15) is 0 Å². The van der Waals surface area contributed by atoms with Gasteiger partial charge in [0.1, 0.15) is 0 Å². The first-order chi connectivity index (χ1) is 15.8. The Morgan fingerprint density at radius 3 is 2.58 bits per heavy atom. The number of ketones is 1. The van der Waals surface area contributed by atoms with Gasteiger partial charge in [0.25, 0.3) is 0 Å². The quantitative estimate of drug-likeness (QED) is 0.652. The van der Waals surface area contributed by atoms with Crippen molar-refractivity contribution in [3.63, 3.8) is 0 Å². The Morgan fingerprint density at radius 2 is 1.88 bits per heavy atom. The number of carbonyl (C=O) groups is 1. The van der Waals surface area contributed by atoms with E-state index in [2.05, 4.69) is 50.2 Å². The first kappa shape index (κ1) is 22.9. The molecule has 0 saturated heterocycles. The van der Waals surface area contributed by atoms with Gasteiger partial charge in [-0.05, 0) is 85.3 Å². The molecule has 1 aromatic rings. The largest absolute Gasteiger partial charge is 0.389 e. The summed E-state index contributed by atoms with van der Waals surface area (Å²) < 4.78 is 5.41. The van der Waals surface area contributed by atoms with Crippen LogP contribution in [-0.2, 0) is 9.53 Å². The first-order valence-electron chi connectivity index (χ1n) is 12.7. The molecule has 2 fully saturated rings. The maximum atomic E-state index is 12.2. The molecule has 4 nitrogen and oxygen atoms in total. The summed E-state index contributed by atoms with van der Waals surface area (Å²) in [7, 11) is 5.89. The molecule has 1 N–H and O–H groups in total. The lowest BCUT2D eigenvalue weighted by molar-refractivity contribution is -0.114. The summed E-state index contributed by atoms with van der Waals surface area (Å²) in [6.45, 7) is 2.97. The van der Waals surface area contributed by atoms with Gasteiger partial charge in [0, 0.05) is 57.7 Å². The minimum absolute atomic E-state index is 0.128. The molecule has 0 aromatic heterocycles. The molecule has 1 aromatic carbocycles. The van der Waals surface area contributed by atoms with Crippen LogP contribution >= 0.6 is 0 Å². The smallest absolute Gasteiger partial charge is 0.156 e. The Labute approximate surface area is 198 Å². The number of fused-ring (bicyclic) bond motifs is 4. The van der Waals surface area contributed by atoms with E-state index in [0.29, 0.717) is 37.2 Å². The van der Waals surface area contributed by atoms with E-state index in [1.807, 2.05) is 6.08 Å². The number of anilines is 1. The van der Waals surface area contributed by atoms with E-state index in [0.717, 1.165) is 38.5 Å². The third kappa shape index (κ3) is 3.61. The molecule has 0 heterocycles. The number of nitrogens with zero attached hydrogens (tertiary/aromatic N) is 1. The van der Waals surface area contributed by atoms with Gasteiger partial charge in [-0.3, -0.25) is 4.79 Å². The van der Waals surface area contributed by atoms with Crippen molar-refractivity contribution in [2.45, 2.75) is 69.8 Å². The normalized spacial score (nSPS) is 35.6. The van der Waals surface area contributed by atoms with Gasteiger partial charge in [-0.15, -0.1) is 0 Å². The number of carbonyl (C=O) groups excluding carboxylic acids is 1. The number of methoxy groups -OCH3 is 1. The molecule has 0 spiro atoms. The van der Waals surface area contributed by atoms with Gasteiger partial charge in [0.2, 0.25) is 0 Å². The molecular weight excluding hydrogens is 410 g/mol. The van der Waals surface area contributed by atoms with E-state index in [4.69, 9.17) is 4.74 Å². The monoisotopic (exact) mass is 449 g/mol. The lowest BCUT2D eigenvalue weighted by Crippen LogP contribution is -2.52. The van der Waals surface area contributed by atoms with Crippen molar-refractivity contribution in [2.75, 3.05) is 32.7 Å². The van der Waals surface area contributed by atoms with E-state index in [1.54, 1.807) is 12.7 Å². The number of aliphatic hydroxyl groups is 1. The fourth-order valence-electron chi connectivity index (χ4n) is 7.74. The van der Waals surface area contributed by atoms with Crippen molar-refractivity contribution in [1.29, 1.82) is 0 Å². The van der Waals surface area contributed by atoms with E-state index >= 15 is 0 Å². The zero-order valence-electron chi connectivity index (χ0n) is 20.7. The fraction of sp³-hybridized carbons (Fsp3) is 0.621. The molecule has 4 aliphatic carbocycles. The van der Waals surface area contributed by atoms with Crippen LogP contribution in [0.2, 0.25) is 0 Å². The summed E-state index contributed by atoms with van der Waals surface area (Å²) in [5.41, 5.74) is 6.12. The van der Waals surface area contributed by atoms with Crippen molar-refractivity contribution in [3.8, 4) is 0 Å². The summed E-state index contributed by atoms with van der Waals surface area (Å²) >= 11 is 0. The zero-order valence-corrected chi connectivity index (χ0v) is 20.7. The standard InChI is InChI=1S/C29H39NO3/c1-28-18-25(19-5-8-21(9-6-19)30(2)3)27-23-12-10-22(31)17-20(23)7-11-24(27)26(28)13-14-29(28,32)15-16-33-4/h5-6,8-9,17,24-26,32H,7,10-16,18H2,1-4H3/t24-,25+,26-,28-,29-/m0/s1. The molecule has 0 amide bonds. The lowest BCUT2D eigenvalue weighted by Gasteiger charge is -2.55. The Kier molecular flexibility index (Phi) is 5.81. The molecule has 2 saturated carbocycles. The van der Waals surface area contributed by atoms with Crippen molar-refractivity contribution in [2.24, 2.45) is 17.3 Å². The molecule has 5 rings (SSSR count). The van der Waals surface area contributed by atoms with E-state index in [-0.39, 0.29) is 11.2 Å². The minimum atomic E-state index is -0.676. The predicted octanol–water partition coefficient (Wildman–Crippen LogP) is 5.42. The van der Waals surface area contributed by atoms with E-state index in [1.165, 1.54) is 22.4 Å². The van der Waals surface area contributed by atoms with Crippen LogP contribution in [0.3, 0.4) is 0 Å². The number of hydrogen-bond donors (Lipinski definition) is 1. The highest BCUT2D eigenvalue weighted by atomic mass is 16.5. The molecular formula is C29H39NO3. The second-order valence-corrected chi connectivity index (χ2v) is 11.3. The number of ether oxygens (including phenoxy) is 1. The highest BCUT2D eigenvalue weighted by Gasteiger charge is 2.62. The second-order valence-electron chi connectivity index (χ2n) is 11.3. The topological polar surface area (TPSA) is 49.8 Å². The van der Waals surface area contributed by atoms with Crippen molar-refractivity contribution >= 4 is 11.5 Å². The number of hydrogen-bond acceptors (Lipinski definition) is 4. The minimum Gasteiger partial charge on any atom is -0.389 e. The average molecular weight is 450 g/mol. The lowest BCUT2D eigenvalue weighted by atomic mass is 9.51. The third-order valence-corrected chi connectivity index (χ3v) is 9.59. The summed E-state index contributed by atoms with van der Waals surface area (Å²) in [5.74, 6) is 1.58. The summed E-state index contributed by atoms with van der Waals surface area (Å²) in [5, 5.41) is 12.0. The fourth-order valence-corrected chi connectivity index (χ4v) is 7.74. The van der Waals surface area contributed by atoms with Crippen LogP contribution in [0.25, 0.3) is 0 Å². The maximum absolute atomic E-state index is 12.2. The number of rotatable bonds is 5.